The van der Waals surface area contributed by atoms with Gasteiger partial charge in [0.1, 0.15) is 13.2 Å². The number of likely N-dealkylation sites (N-methyl/N-ethyl adjacent to an activating group) is 1. The van der Waals surface area contributed by atoms with Crippen LogP contribution in [0.4, 0.5) is 0 Å². The summed E-state index contributed by atoms with van der Waals surface area (Å²) in [6.45, 7) is 4.42. The van der Waals surface area contributed by atoms with E-state index in [0.29, 0.717) is 17.4 Å². The number of carbonyl (C=O) groups is 1. The summed E-state index contributed by atoms with van der Waals surface area (Å²) in [5, 5.41) is 23.5. The quantitative estimate of drug-likeness (QED) is 0.0246. The number of aliphatic hydroxyl groups is 2. The van der Waals surface area contributed by atoms with E-state index in [1.165, 1.54) is 70.6 Å². The van der Waals surface area contributed by atoms with Crippen LogP contribution in [0.3, 0.4) is 0 Å². The zero-order valence-electron chi connectivity index (χ0n) is 35.7. The highest BCUT2D eigenvalue weighted by molar-refractivity contribution is 7.45. The number of hydrogen-bond donors (Lipinski definition) is 3. The molecule has 0 saturated heterocycles. The lowest BCUT2D eigenvalue weighted by molar-refractivity contribution is -0.870. The molecule has 4 atom stereocenters. The number of rotatable bonds is 38. The van der Waals surface area contributed by atoms with Crippen LogP contribution in [0.1, 0.15) is 162 Å². The van der Waals surface area contributed by atoms with Crippen LogP contribution in [0.25, 0.3) is 0 Å². The largest absolute Gasteiger partial charge is 0.756 e. The van der Waals surface area contributed by atoms with Gasteiger partial charge in [0, 0.05) is 6.42 Å². The highest BCUT2D eigenvalue weighted by Crippen LogP contribution is 2.38. The van der Waals surface area contributed by atoms with Crippen LogP contribution in [-0.2, 0) is 18.4 Å². The standard InChI is InChI=1S/C45H83N2O7P/c1-6-8-10-11-12-13-14-15-16-17-21-24-27-30-33-37-44(49)43(41-54-55(51,52)53-40-39-47(3,4)5)46-45(50)38-34-31-28-25-22-19-18-20-23-26-29-32-36-42(48)35-9-7-2/h18-19,23,25-26,28,32-33,36-37,42-44,48-49H,6-17,20-22,24,27,29-31,34-35,38-41H2,1-5H3,(H-,46,50,51,52)/b19-18-,26-23-,28-25-,36-32-,37-33+/t42-,43+,44-/m1/s1. The number of carbonyl (C=O) groups excluding carboxylic acids is 1. The zero-order chi connectivity index (χ0) is 40.9. The van der Waals surface area contributed by atoms with Crippen LogP contribution in [0, 0.1) is 0 Å². The number of unbranched alkanes of at least 4 members (excludes halogenated alkanes) is 15. The van der Waals surface area contributed by atoms with Gasteiger partial charge in [-0.25, -0.2) is 0 Å². The van der Waals surface area contributed by atoms with Gasteiger partial charge in [0.15, 0.2) is 0 Å². The molecule has 0 fully saturated rings. The molecule has 0 bridgehead atoms. The van der Waals surface area contributed by atoms with Crippen molar-refractivity contribution in [2.45, 2.75) is 180 Å². The Bertz CT molecular complexity index is 1100. The van der Waals surface area contributed by atoms with Crippen molar-refractivity contribution in [3.8, 4) is 0 Å². The number of amides is 1. The van der Waals surface area contributed by atoms with Crippen molar-refractivity contribution < 1.29 is 38.0 Å². The summed E-state index contributed by atoms with van der Waals surface area (Å²) in [4.78, 5) is 25.2. The molecule has 0 aliphatic carbocycles. The van der Waals surface area contributed by atoms with Gasteiger partial charge in [-0.2, -0.15) is 0 Å². The molecule has 0 aliphatic heterocycles. The molecule has 1 amide bonds. The van der Waals surface area contributed by atoms with Crippen LogP contribution < -0.4 is 10.2 Å². The zero-order valence-corrected chi connectivity index (χ0v) is 36.6. The van der Waals surface area contributed by atoms with Gasteiger partial charge in [0.05, 0.1) is 46.0 Å². The van der Waals surface area contributed by atoms with Gasteiger partial charge in [-0.05, 0) is 51.4 Å². The number of quaternary nitrogens is 1. The van der Waals surface area contributed by atoms with E-state index in [1.54, 1.807) is 6.08 Å². The molecule has 0 aromatic rings. The summed E-state index contributed by atoms with van der Waals surface area (Å²) in [7, 11) is 1.19. The summed E-state index contributed by atoms with van der Waals surface area (Å²) in [6.07, 6.45) is 43.2. The van der Waals surface area contributed by atoms with E-state index < -0.39 is 26.6 Å². The van der Waals surface area contributed by atoms with E-state index in [9.17, 15) is 24.5 Å². The second-order valence-corrected chi connectivity index (χ2v) is 17.3. The third-order valence-electron chi connectivity index (χ3n) is 9.29. The Hall–Kier alpha value is -1.84. The average molecular weight is 795 g/mol. The predicted octanol–water partition coefficient (Wildman–Crippen LogP) is 10.2. The Morgan fingerprint density at radius 3 is 1.75 bits per heavy atom. The Balaban J connectivity index is 4.60. The van der Waals surface area contributed by atoms with Crippen LogP contribution in [0.2, 0.25) is 0 Å². The molecule has 0 rings (SSSR count). The number of allylic oxidation sites excluding steroid dienone is 8. The third-order valence-corrected chi connectivity index (χ3v) is 10.3. The van der Waals surface area contributed by atoms with Gasteiger partial charge >= 0.3 is 0 Å². The minimum atomic E-state index is -4.61. The minimum absolute atomic E-state index is 0.0210. The van der Waals surface area contributed by atoms with Crippen molar-refractivity contribution in [2.24, 2.45) is 0 Å². The molecule has 0 spiro atoms. The lowest BCUT2D eigenvalue weighted by Gasteiger charge is -2.29. The van der Waals surface area contributed by atoms with Gasteiger partial charge < -0.3 is 34.0 Å². The molecule has 9 nitrogen and oxygen atoms in total. The number of aliphatic hydroxyl groups excluding tert-OH is 2. The van der Waals surface area contributed by atoms with E-state index >= 15 is 0 Å². The van der Waals surface area contributed by atoms with Gasteiger partial charge in [-0.3, -0.25) is 9.36 Å². The fourth-order valence-electron chi connectivity index (χ4n) is 5.75. The molecule has 3 N–H and O–H groups in total. The molecule has 1 unspecified atom stereocenters. The summed E-state index contributed by atoms with van der Waals surface area (Å²) < 4.78 is 23.1. The maximum absolute atomic E-state index is 12.8. The Morgan fingerprint density at radius 2 is 1.18 bits per heavy atom. The monoisotopic (exact) mass is 795 g/mol. The average Bonchev–Trinajstić information content (AvgIpc) is 3.13. The van der Waals surface area contributed by atoms with Gasteiger partial charge in [-0.1, -0.05) is 164 Å². The van der Waals surface area contributed by atoms with E-state index in [1.807, 2.05) is 39.4 Å². The van der Waals surface area contributed by atoms with Crippen molar-refractivity contribution in [1.29, 1.82) is 0 Å². The topological polar surface area (TPSA) is 128 Å². The molecule has 0 radical (unpaired) electrons. The Morgan fingerprint density at radius 1 is 0.673 bits per heavy atom. The first-order valence-electron chi connectivity index (χ1n) is 21.7. The molecule has 55 heavy (non-hydrogen) atoms. The number of nitrogens with one attached hydrogen (secondary N) is 1. The molecule has 320 valence electrons. The Kier molecular flexibility index (Phi) is 35.3. The number of phosphoric ester groups is 1. The molecule has 0 aromatic carbocycles. The summed E-state index contributed by atoms with van der Waals surface area (Å²) in [5.41, 5.74) is 0. The normalized spacial score (nSPS) is 15.6. The first-order valence-corrected chi connectivity index (χ1v) is 23.2. The van der Waals surface area contributed by atoms with Crippen molar-refractivity contribution in [3.05, 3.63) is 60.8 Å². The Labute approximate surface area is 337 Å². The SMILES string of the molecule is CCCCCCCCCCCCCCC/C=C/[C@@H](O)[C@H](COP(=O)([O-])OCC[N+](C)(C)C)NC(=O)CCC/C=C\C/C=C\C/C=C\C/C=C\[C@H](O)CCCC. The first-order chi connectivity index (χ1) is 26.4. The summed E-state index contributed by atoms with van der Waals surface area (Å²) in [5.74, 6) is -0.269. The third kappa shape index (κ3) is 38.8. The fraction of sp³-hybridized carbons (Fsp3) is 0.756. The summed E-state index contributed by atoms with van der Waals surface area (Å²) >= 11 is 0. The first kappa shape index (κ1) is 53.2. The van der Waals surface area contributed by atoms with Crippen molar-refractivity contribution in [2.75, 3.05) is 40.9 Å². The lowest BCUT2D eigenvalue weighted by atomic mass is 10.0. The molecule has 0 heterocycles. The molecule has 0 aromatic heterocycles. The van der Waals surface area contributed by atoms with Gasteiger partial charge in [0.2, 0.25) is 5.91 Å². The van der Waals surface area contributed by atoms with Crippen molar-refractivity contribution >= 4 is 13.7 Å². The summed E-state index contributed by atoms with van der Waals surface area (Å²) in [6, 6.07) is -0.928. The smallest absolute Gasteiger partial charge is 0.268 e. The number of nitrogens with zero attached hydrogens (tertiary/aromatic N) is 1. The van der Waals surface area contributed by atoms with Crippen LogP contribution in [0.15, 0.2) is 60.8 Å². The van der Waals surface area contributed by atoms with E-state index in [2.05, 4.69) is 55.6 Å². The molecule has 0 saturated carbocycles. The maximum Gasteiger partial charge on any atom is 0.268 e. The predicted molar refractivity (Wildman–Crippen MR) is 230 cm³/mol. The van der Waals surface area contributed by atoms with Crippen molar-refractivity contribution in [1.82, 2.24) is 5.32 Å². The second kappa shape index (κ2) is 36.5. The maximum atomic E-state index is 12.8. The molecule has 0 aliphatic rings. The van der Waals surface area contributed by atoms with Gasteiger partial charge in [-0.15, -0.1) is 0 Å². The molecular weight excluding hydrogens is 711 g/mol. The molecular formula is C45H83N2O7P. The molecule has 10 heteroatoms. The number of hydrogen-bond acceptors (Lipinski definition) is 7. The van der Waals surface area contributed by atoms with Gasteiger partial charge in [0.25, 0.3) is 7.82 Å². The highest BCUT2D eigenvalue weighted by atomic mass is 31.2. The second-order valence-electron chi connectivity index (χ2n) is 15.9. The number of phosphoric acid groups is 1. The van der Waals surface area contributed by atoms with Crippen LogP contribution >= 0.6 is 7.82 Å². The minimum Gasteiger partial charge on any atom is -0.756 e. The van der Waals surface area contributed by atoms with Crippen LogP contribution in [-0.4, -0.2) is 79.8 Å². The fourth-order valence-corrected chi connectivity index (χ4v) is 6.47. The van der Waals surface area contributed by atoms with E-state index in [-0.39, 0.29) is 25.0 Å². The van der Waals surface area contributed by atoms with E-state index in [4.69, 9.17) is 9.05 Å². The van der Waals surface area contributed by atoms with E-state index in [0.717, 1.165) is 64.2 Å². The van der Waals surface area contributed by atoms with Crippen molar-refractivity contribution in [3.63, 3.8) is 0 Å². The van der Waals surface area contributed by atoms with Crippen LogP contribution in [0.5, 0.6) is 0 Å². The lowest BCUT2D eigenvalue weighted by Crippen LogP contribution is -2.45. The highest BCUT2D eigenvalue weighted by Gasteiger charge is 2.23.